The van der Waals surface area contributed by atoms with Crippen molar-refractivity contribution in [1.82, 2.24) is 24.3 Å². The number of aryl methyl sites for hydroxylation is 1. The van der Waals surface area contributed by atoms with Gasteiger partial charge in [-0.3, -0.25) is 4.79 Å². The van der Waals surface area contributed by atoms with E-state index >= 15 is 0 Å². The highest BCUT2D eigenvalue weighted by Gasteiger charge is 2.26. The molecule has 2 amide bonds. The summed E-state index contributed by atoms with van der Waals surface area (Å²) in [7, 11) is 2.00. The van der Waals surface area contributed by atoms with Crippen LogP contribution in [-0.4, -0.2) is 55.3 Å². The summed E-state index contributed by atoms with van der Waals surface area (Å²) in [5.41, 5.74) is 5.62. The molecule has 0 spiro atoms. The van der Waals surface area contributed by atoms with Crippen LogP contribution in [0.5, 0.6) is 0 Å². The molecule has 0 aliphatic carbocycles. The van der Waals surface area contributed by atoms with Crippen LogP contribution in [0, 0.1) is 0 Å². The Morgan fingerprint density at radius 2 is 1.79 bits per heavy atom. The number of carboxylic acid groups (broad SMARTS) is 1. The molecule has 38 heavy (non-hydrogen) atoms. The number of aromatic nitrogens is 3. The number of imidazole rings is 1. The van der Waals surface area contributed by atoms with Crippen LogP contribution in [0.2, 0.25) is 0 Å². The van der Waals surface area contributed by atoms with Crippen LogP contribution >= 0.6 is 0 Å². The summed E-state index contributed by atoms with van der Waals surface area (Å²) in [6.07, 6.45) is 0.435. The molecular weight excluding hydrogens is 478 g/mol. The van der Waals surface area contributed by atoms with Gasteiger partial charge in [-0.2, -0.15) is 0 Å². The fourth-order valence-corrected chi connectivity index (χ4v) is 5.53. The SMILES string of the molecule is Cn1c(-c2cc3ccccc3n2Cc2ccccc2)nc2cc(C(=O)N3CCCC(NC(=O)O)C3)ccc21. The summed E-state index contributed by atoms with van der Waals surface area (Å²) in [6, 6.07) is 26.3. The number of amides is 2. The number of hydrogen-bond donors (Lipinski definition) is 2. The maximum absolute atomic E-state index is 13.3. The number of piperidine rings is 1. The second-order valence-electron chi connectivity index (χ2n) is 9.90. The van der Waals surface area contributed by atoms with E-state index in [9.17, 15) is 9.59 Å². The first-order chi connectivity index (χ1) is 18.5. The first-order valence-corrected chi connectivity index (χ1v) is 12.9. The molecule has 0 saturated carbocycles. The Bertz CT molecular complexity index is 1650. The van der Waals surface area contributed by atoms with Crippen molar-refractivity contribution in [3.05, 3.63) is 90.0 Å². The Labute approximate surface area is 220 Å². The van der Waals surface area contributed by atoms with Crippen LogP contribution in [0.1, 0.15) is 28.8 Å². The average molecular weight is 508 g/mol. The summed E-state index contributed by atoms with van der Waals surface area (Å²) in [4.78, 5) is 31.1. The zero-order valence-electron chi connectivity index (χ0n) is 21.2. The first kappa shape index (κ1) is 23.8. The van der Waals surface area contributed by atoms with Gasteiger partial charge in [0.1, 0.15) is 0 Å². The quantitative estimate of drug-likeness (QED) is 0.346. The fraction of sp³-hybridized carbons (Fsp3) is 0.233. The largest absolute Gasteiger partial charge is 0.465 e. The molecule has 6 rings (SSSR count). The van der Waals surface area contributed by atoms with E-state index in [1.807, 2.05) is 37.4 Å². The zero-order chi connectivity index (χ0) is 26.2. The molecule has 1 fully saturated rings. The third-order valence-electron chi connectivity index (χ3n) is 7.39. The second-order valence-corrected chi connectivity index (χ2v) is 9.90. The van der Waals surface area contributed by atoms with Crippen LogP contribution in [0.4, 0.5) is 4.79 Å². The molecule has 0 bridgehead atoms. The standard InChI is InChI=1S/C30H29N5O3/c1-33-26-14-13-22(29(36)34-15-7-11-23(19-34)31-30(37)38)16-24(26)32-28(33)27-17-21-10-5-6-12-25(21)35(27)18-20-8-3-2-4-9-20/h2-6,8-10,12-14,16-17,23,31H,7,11,15,18-19H2,1H3,(H,37,38). The van der Waals surface area contributed by atoms with Gasteiger partial charge in [0.2, 0.25) is 0 Å². The molecule has 1 aliphatic rings. The van der Waals surface area contributed by atoms with Gasteiger partial charge in [-0.05, 0) is 48.7 Å². The van der Waals surface area contributed by atoms with Crippen molar-refractivity contribution < 1.29 is 14.7 Å². The normalized spacial score (nSPS) is 15.7. The minimum absolute atomic E-state index is 0.103. The minimum atomic E-state index is -1.06. The third kappa shape index (κ3) is 4.38. The van der Waals surface area contributed by atoms with Gasteiger partial charge in [0.05, 0.1) is 16.7 Å². The van der Waals surface area contributed by atoms with Gasteiger partial charge < -0.3 is 24.5 Å². The van der Waals surface area contributed by atoms with Crippen molar-refractivity contribution in [2.24, 2.45) is 7.05 Å². The van der Waals surface area contributed by atoms with Crippen LogP contribution in [0.15, 0.2) is 78.9 Å². The molecule has 3 heterocycles. The molecule has 1 atom stereocenters. The lowest BCUT2D eigenvalue weighted by atomic mass is 10.0. The van der Waals surface area contributed by atoms with Gasteiger partial charge in [0.25, 0.3) is 5.91 Å². The molecule has 5 aromatic rings. The van der Waals surface area contributed by atoms with E-state index in [0.717, 1.165) is 52.8 Å². The van der Waals surface area contributed by atoms with Gasteiger partial charge in [0.15, 0.2) is 5.82 Å². The van der Waals surface area contributed by atoms with Crippen molar-refractivity contribution >= 4 is 33.9 Å². The van der Waals surface area contributed by atoms with E-state index in [1.165, 1.54) is 5.56 Å². The van der Waals surface area contributed by atoms with Crippen LogP contribution in [0.25, 0.3) is 33.5 Å². The number of para-hydroxylation sites is 1. The average Bonchev–Trinajstić information content (AvgIpc) is 3.45. The monoisotopic (exact) mass is 507 g/mol. The Morgan fingerprint density at radius 3 is 2.61 bits per heavy atom. The topological polar surface area (TPSA) is 92.4 Å². The Kier molecular flexibility index (Phi) is 6.07. The van der Waals surface area contributed by atoms with Gasteiger partial charge in [0, 0.05) is 49.2 Å². The molecule has 8 nitrogen and oxygen atoms in total. The zero-order valence-corrected chi connectivity index (χ0v) is 21.2. The number of nitrogens with one attached hydrogen (secondary N) is 1. The van der Waals surface area contributed by atoms with Crippen molar-refractivity contribution in [3.63, 3.8) is 0 Å². The fourth-order valence-electron chi connectivity index (χ4n) is 5.53. The number of benzene rings is 3. The first-order valence-electron chi connectivity index (χ1n) is 12.9. The van der Waals surface area contributed by atoms with E-state index in [-0.39, 0.29) is 11.9 Å². The van der Waals surface area contributed by atoms with Gasteiger partial charge in [-0.15, -0.1) is 0 Å². The number of fused-ring (bicyclic) bond motifs is 2. The molecule has 192 valence electrons. The molecule has 1 aliphatic heterocycles. The number of carbonyl (C=O) groups excluding carboxylic acids is 1. The lowest BCUT2D eigenvalue weighted by Crippen LogP contribution is -2.49. The number of carbonyl (C=O) groups is 2. The molecule has 0 radical (unpaired) electrons. The maximum Gasteiger partial charge on any atom is 0.404 e. The van der Waals surface area contributed by atoms with Crippen molar-refractivity contribution in [2.45, 2.75) is 25.4 Å². The summed E-state index contributed by atoms with van der Waals surface area (Å²) >= 11 is 0. The molecule has 2 aromatic heterocycles. The Balaban J connectivity index is 1.37. The number of hydrogen-bond acceptors (Lipinski definition) is 3. The summed E-state index contributed by atoms with van der Waals surface area (Å²) in [5.74, 6) is 0.731. The Hall–Kier alpha value is -4.59. The minimum Gasteiger partial charge on any atom is -0.465 e. The molecule has 8 heteroatoms. The van der Waals surface area contributed by atoms with Crippen molar-refractivity contribution in [3.8, 4) is 11.5 Å². The Morgan fingerprint density at radius 1 is 1.00 bits per heavy atom. The highest BCUT2D eigenvalue weighted by molar-refractivity contribution is 5.98. The summed E-state index contributed by atoms with van der Waals surface area (Å²) in [6.45, 7) is 1.70. The van der Waals surface area contributed by atoms with E-state index in [4.69, 9.17) is 10.1 Å². The molecule has 1 unspecified atom stereocenters. The smallest absolute Gasteiger partial charge is 0.404 e. The van der Waals surface area contributed by atoms with E-state index in [0.29, 0.717) is 18.7 Å². The van der Waals surface area contributed by atoms with Crippen LogP contribution in [-0.2, 0) is 13.6 Å². The number of rotatable bonds is 5. The highest BCUT2D eigenvalue weighted by atomic mass is 16.4. The second kappa shape index (κ2) is 9.70. The predicted molar refractivity (Wildman–Crippen MR) is 147 cm³/mol. The van der Waals surface area contributed by atoms with Gasteiger partial charge in [-0.1, -0.05) is 48.5 Å². The third-order valence-corrected chi connectivity index (χ3v) is 7.39. The van der Waals surface area contributed by atoms with E-state index < -0.39 is 6.09 Å². The summed E-state index contributed by atoms with van der Waals surface area (Å²) in [5, 5.41) is 12.7. The van der Waals surface area contributed by atoms with Crippen LogP contribution < -0.4 is 5.32 Å². The highest BCUT2D eigenvalue weighted by Crippen LogP contribution is 2.31. The number of nitrogens with zero attached hydrogens (tertiary/aromatic N) is 4. The van der Waals surface area contributed by atoms with Crippen molar-refractivity contribution in [1.29, 1.82) is 0 Å². The van der Waals surface area contributed by atoms with Crippen molar-refractivity contribution in [2.75, 3.05) is 13.1 Å². The predicted octanol–water partition coefficient (Wildman–Crippen LogP) is 5.12. The maximum atomic E-state index is 13.3. The molecule has 1 saturated heterocycles. The molecule has 2 N–H and O–H groups in total. The lowest BCUT2D eigenvalue weighted by Gasteiger charge is -2.32. The summed E-state index contributed by atoms with van der Waals surface area (Å²) < 4.78 is 4.37. The lowest BCUT2D eigenvalue weighted by molar-refractivity contribution is 0.0692. The van der Waals surface area contributed by atoms with Gasteiger partial charge in [-0.25, -0.2) is 9.78 Å². The van der Waals surface area contributed by atoms with Gasteiger partial charge >= 0.3 is 6.09 Å². The van der Waals surface area contributed by atoms with Crippen LogP contribution in [0.3, 0.4) is 0 Å². The van der Waals surface area contributed by atoms with E-state index in [1.54, 1.807) is 4.90 Å². The van der Waals surface area contributed by atoms with E-state index in [2.05, 4.69) is 63.0 Å². The molecule has 3 aromatic carbocycles. The number of likely N-dealkylation sites (tertiary alicyclic amines) is 1. The molecular formula is C30H29N5O3.